The topological polar surface area (TPSA) is 34.1 Å². The first kappa shape index (κ1) is 16.9. The van der Waals surface area contributed by atoms with E-state index in [4.69, 9.17) is 0 Å². The number of carbonyl (C=O) groups is 1. The molecule has 1 aliphatic carbocycles. The molecule has 5 rings (SSSR count). The van der Waals surface area contributed by atoms with Gasteiger partial charge in [0.15, 0.2) is 12.9 Å². The van der Waals surface area contributed by atoms with E-state index in [1.165, 1.54) is 0 Å². The van der Waals surface area contributed by atoms with Crippen LogP contribution in [0.5, 0.6) is 0 Å². The van der Waals surface area contributed by atoms with E-state index in [9.17, 15) is 9.36 Å². The van der Waals surface area contributed by atoms with Crippen molar-refractivity contribution in [1.29, 1.82) is 0 Å². The molecule has 4 aromatic carbocycles. The van der Waals surface area contributed by atoms with Gasteiger partial charge in [-0.3, -0.25) is 4.79 Å². The van der Waals surface area contributed by atoms with Gasteiger partial charge in [0.05, 0.1) is 0 Å². The molecule has 0 saturated heterocycles. The largest absolute Gasteiger partial charge is 0.309 e. The maximum absolute atomic E-state index is 14.8. The third kappa shape index (κ3) is 2.35. The predicted octanol–water partition coefficient (Wildman–Crippen LogP) is 4.54. The third-order valence-corrected chi connectivity index (χ3v) is 8.41. The second-order valence-electron chi connectivity index (χ2n) is 6.85. The fourth-order valence-corrected chi connectivity index (χ4v) is 6.91. The van der Waals surface area contributed by atoms with Gasteiger partial charge in [-0.2, -0.15) is 0 Å². The molecule has 0 bridgehead atoms. The fourth-order valence-electron chi connectivity index (χ4n) is 4.02. The molecule has 28 heavy (non-hydrogen) atoms. The normalized spacial score (nSPS) is 12.5. The molecule has 1 aliphatic rings. The number of rotatable bonds is 3. The molecule has 2 nitrogen and oxygen atoms in total. The smallest absolute Gasteiger partial charge is 0.194 e. The zero-order valence-corrected chi connectivity index (χ0v) is 16.0. The van der Waals surface area contributed by atoms with E-state index >= 15 is 0 Å². The van der Waals surface area contributed by atoms with Gasteiger partial charge >= 0.3 is 0 Å². The van der Waals surface area contributed by atoms with Crippen LogP contribution >= 0.6 is 7.14 Å². The van der Waals surface area contributed by atoms with Crippen molar-refractivity contribution in [2.45, 2.75) is 0 Å². The quantitative estimate of drug-likeness (QED) is 0.431. The van der Waals surface area contributed by atoms with E-state index < -0.39 is 7.14 Å². The lowest BCUT2D eigenvalue weighted by atomic mass is 10.1. The highest BCUT2D eigenvalue weighted by Crippen LogP contribution is 2.48. The van der Waals surface area contributed by atoms with Crippen molar-refractivity contribution in [3.63, 3.8) is 0 Å². The van der Waals surface area contributed by atoms with Crippen LogP contribution in [0.4, 0.5) is 0 Å². The van der Waals surface area contributed by atoms with Crippen LogP contribution in [0.3, 0.4) is 0 Å². The maximum atomic E-state index is 14.8. The molecule has 4 aromatic rings. The highest BCUT2D eigenvalue weighted by atomic mass is 31.2. The molecule has 0 aromatic heterocycles. The molecule has 0 fully saturated rings. The molecule has 0 unspecified atom stereocenters. The van der Waals surface area contributed by atoms with Gasteiger partial charge < -0.3 is 4.57 Å². The molecule has 0 amide bonds. The van der Waals surface area contributed by atoms with Gasteiger partial charge in [0.2, 0.25) is 0 Å². The summed E-state index contributed by atoms with van der Waals surface area (Å²) >= 11 is 0. The van der Waals surface area contributed by atoms with Crippen molar-refractivity contribution in [1.82, 2.24) is 0 Å². The molecule has 0 spiro atoms. The molecule has 0 radical (unpaired) electrons. The van der Waals surface area contributed by atoms with Crippen molar-refractivity contribution in [3.8, 4) is 11.1 Å². The summed E-state index contributed by atoms with van der Waals surface area (Å²) in [5.41, 5.74) is 2.98. The number of hydrogen-bond donors (Lipinski definition) is 0. The van der Waals surface area contributed by atoms with E-state index in [0.717, 1.165) is 27.0 Å². The molecular formula is C25H17O2P. The Balaban J connectivity index is 1.88. The van der Waals surface area contributed by atoms with E-state index in [-0.39, 0.29) is 5.78 Å². The Bertz CT molecular complexity index is 1200. The zero-order valence-electron chi connectivity index (χ0n) is 15.1. The van der Waals surface area contributed by atoms with Crippen LogP contribution in [-0.2, 0) is 4.57 Å². The monoisotopic (exact) mass is 380 g/mol. The molecule has 0 N–H and O–H groups in total. The van der Waals surface area contributed by atoms with Gasteiger partial charge in [-0.25, -0.2) is 0 Å². The van der Waals surface area contributed by atoms with E-state index in [0.29, 0.717) is 11.1 Å². The zero-order chi connectivity index (χ0) is 19.1. The van der Waals surface area contributed by atoms with Crippen molar-refractivity contribution < 1.29 is 9.36 Å². The predicted molar refractivity (Wildman–Crippen MR) is 115 cm³/mol. The minimum atomic E-state index is -3.15. The van der Waals surface area contributed by atoms with Crippen molar-refractivity contribution in [2.24, 2.45) is 0 Å². The van der Waals surface area contributed by atoms with E-state index in [2.05, 4.69) is 0 Å². The Morgan fingerprint density at radius 1 is 0.500 bits per heavy atom. The minimum Gasteiger partial charge on any atom is -0.309 e. The Hall–Kier alpha value is -3.22. The summed E-state index contributed by atoms with van der Waals surface area (Å²) in [6.07, 6.45) is 0. The number of ketones is 1. The fraction of sp³-hybridized carbons (Fsp3) is 0. The van der Waals surface area contributed by atoms with Gasteiger partial charge in [0, 0.05) is 32.6 Å². The summed E-state index contributed by atoms with van der Waals surface area (Å²) in [6.45, 7) is 0. The van der Waals surface area contributed by atoms with Crippen LogP contribution < -0.4 is 15.9 Å². The SMILES string of the molecule is O=C1c2ccccc2-c2c1cccc2P(=O)(c1ccccc1)c1ccccc1. The Kier molecular flexibility index (Phi) is 3.89. The summed E-state index contributed by atoms with van der Waals surface area (Å²) in [7, 11) is -3.15. The van der Waals surface area contributed by atoms with Crippen molar-refractivity contribution in [2.75, 3.05) is 0 Å². The first-order valence-corrected chi connectivity index (χ1v) is 10.9. The van der Waals surface area contributed by atoms with Crippen LogP contribution in [0.1, 0.15) is 15.9 Å². The van der Waals surface area contributed by atoms with Crippen molar-refractivity contribution in [3.05, 3.63) is 114 Å². The summed E-state index contributed by atoms with van der Waals surface area (Å²) in [5, 5.41) is 2.26. The Labute approximate surface area is 163 Å². The lowest BCUT2D eigenvalue weighted by molar-refractivity contribution is 0.104. The van der Waals surface area contributed by atoms with Gasteiger partial charge in [-0.15, -0.1) is 0 Å². The third-order valence-electron chi connectivity index (χ3n) is 5.31. The van der Waals surface area contributed by atoms with Gasteiger partial charge in [-0.1, -0.05) is 103 Å². The average molecular weight is 380 g/mol. The maximum Gasteiger partial charge on any atom is 0.194 e. The van der Waals surface area contributed by atoms with Crippen LogP contribution in [0.2, 0.25) is 0 Å². The van der Waals surface area contributed by atoms with E-state index in [1.54, 1.807) is 0 Å². The molecule has 0 aliphatic heterocycles. The molecule has 0 saturated carbocycles. The molecule has 3 heteroatoms. The highest BCUT2D eigenvalue weighted by Gasteiger charge is 2.37. The van der Waals surface area contributed by atoms with Gasteiger partial charge in [-0.05, 0) is 5.56 Å². The second kappa shape index (κ2) is 6.44. The molecular weight excluding hydrogens is 363 g/mol. The second-order valence-corrected chi connectivity index (χ2v) is 9.59. The molecule has 0 heterocycles. The Morgan fingerprint density at radius 2 is 1.00 bits per heavy atom. The van der Waals surface area contributed by atoms with Crippen LogP contribution in [0, 0.1) is 0 Å². The highest BCUT2D eigenvalue weighted by molar-refractivity contribution is 7.85. The lowest BCUT2D eigenvalue weighted by Crippen LogP contribution is -2.26. The number of carbonyl (C=O) groups excluding carboxylic acids is 1. The summed E-state index contributed by atoms with van der Waals surface area (Å²) in [6, 6.07) is 32.3. The standard InChI is InChI=1S/C25H17O2P/c26-25-21-15-8-7-14-20(21)24-22(25)16-9-17-23(24)28(27,18-10-3-1-4-11-18)19-12-5-2-6-13-19/h1-17H. The number of hydrogen-bond acceptors (Lipinski definition) is 2. The van der Waals surface area contributed by atoms with Gasteiger partial charge in [0.25, 0.3) is 0 Å². The van der Waals surface area contributed by atoms with Gasteiger partial charge in [0.1, 0.15) is 0 Å². The van der Waals surface area contributed by atoms with Crippen LogP contribution in [-0.4, -0.2) is 5.78 Å². The summed E-state index contributed by atoms with van der Waals surface area (Å²) < 4.78 is 14.8. The lowest BCUT2D eigenvalue weighted by Gasteiger charge is -2.22. The number of fused-ring (bicyclic) bond motifs is 3. The average Bonchev–Trinajstić information content (AvgIpc) is 3.07. The first-order valence-electron chi connectivity index (χ1n) is 9.20. The van der Waals surface area contributed by atoms with Crippen LogP contribution in [0.15, 0.2) is 103 Å². The minimum absolute atomic E-state index is 0.000114. The first-order chi connectivity index (χ1) is 13.7. The van der Waals surface area contributed by atoms with Crippen LogP contribution in [0.25, 0.3) is 11.1 Å². The number of benzene rings is 4. The van der Waals surface area contributed by atoms with E-state index in [1.807, 2.05) is 103 Å². The van der Waals surface area contributed by atoms with Crippen molar-refractivity contribution >= 4 is 28.8 Å². The summed E-state index contributed by atoms with van der Waals surface area (Å²) in [5.74, 6) is 0.000114. The summed E-state index contributed by atoms with van der Waals surface area (Å²) in [4.78, 5) is 13.0. The Morgan fingerprint density at radius 3 is 1.61 bits per heavy atom. The molecule has 134 valence electrons. The molecule has 0 atom stereocenters.